The monoisotopic (exact) mass is 806 g/mol. The van der Waals surface area contributed by atoms with Crippen molar-refractivity contribution in [2.45, 2.75) is 66.2 Å². The second-order valence-electron chi connectivity index (χ2n) is 14.9. The summed E-state index contributed by atoms with van der Waals surface area (Å²) in [4.78, 5) is 10.8. The van der Waals surface area contributed by atoms with Crippen molar-refractivity contribution in [1.29, 1.82) is 0 Å². The van der Waals surface area contributed by atoms with Gasteiger partial charge in [-0.15, -0.1) is 28.7 Å². The minimum absolute atomic E-state index is 0. The van der Waals surface area contributed by atoms with E-state index in [1.165, 1.54) is 21.9 Å². The summed E-state index contributed by atoms with van der Waals surface area (Å²) in [6.45, 7) is 18.0. The van der Waals surface area contributed by atoms with E-state index in [2.05, 4.69) is 159 Å². The number of benzene rings is 5. The molecule has 0 unspecified atom stereocenters. The number of hydrogen-bond donors (Lipinski definition) is 0. The topological polar surface area (TPSA) is 27.0 Å². The van der Waals surface area contributed by atoms with Crippen molar-refractivity contribution in [2.75, 3.05) is 0 Å². The molecule has 242 valence electrons. The first-order valence-electron chi connectivity index (χ1n) is 16.5. The molecule has 0 aliphatic heterocycles. The zero-order valence-electron chi connectivity index (χ0n) is 29.0. The normalized spacial score (nSPS) is 12.0. The predicted molar refractivity (Wildman–Crippen MR) is 199 cm³/mol. The average molecular weight is 807 g/mol. The zero-order chi connectivity index (χ0) is 33.1. The molecule has 48 heavy (non-hydrogen) atoms. The van der Waals surface area contributed by atoms with Crippen molar-refractivity contribution in [3.63, 3.8) is 0 Å². The largest absolute Gasteiger partial charge is 3.00 e. The van der Waals surface area contributed by atoms with Gasteiger partial charge in [0.2, 0.25) is 0 Å². The van der Waals surface area contributed by atoms with E-state index in [1.807, 2.05) is 12.1 Å². The Morgan fingerprint density at radius 3 is 1.94 bits per heavy atom. The van der Waals surface area contributed by atoms with Crippen LogP contribution in [0.15, 0.2) is 103 Å². The van der Waals surface area contributed by atoms with Gasteiger partial charge in [-0.3, -0.25) is 4.98 Å². The minimum atomic E-state index is -0.0471. The maximum absolute atomic E-state index is 5.50. The van der Waals surface area contributed by atoms with Gasteiger partial charge in [-0.1, -0.05) is 119 Å². The smallest absolute Gasteiger partial charge is 0.656 e. The summed E-state index contributed by atoms with van der Waals surface area (Å²) in [5.74, 6) is 0. The maximum Gasteiger partial charge on any atom is 3.00 e. The van der Waals surface area contributed by atoms with Gasteiger partial charge < -0.3 is 4.98 Å². The van der Waals surface area contributed by atoms with Gasteiger partial charge in [-0.05, 0) is 63.3 Å². The summed E-state index contributed by atoms with van der Waals surface area (Å²) in [6, 6.07) is 43.9. The molecule has 2 heterocycles. The van der Waals surface area contributed by atoms with Gasteiger partial charge >= 0.3 is 22.4 Å². The van der Waals surface area contributed by atoms with Crippen LogP contribution in [0.3, 0.4) is 0 Å². The molecule has 5 aromatic carbocycles. The molecule has 7 aromatic rings. The SMILES string of the molecule is Cc1cc(C)c(-c2cc(C(C)(C)C)cc3c2[n-]c2ccc(C(C)(C)C)cc23)nc1-c1[c-]c(-c2[c-]cccc2)cc(-c2ccccc2)c1.[Au+3]. The fourth-order valence-corrected chi connectivity index (χ4v) is 6.51. The first-order valence-corrected chi connectivity index (χ1v) is 16.5. The van der Waals surface area contributed by atoms with E-state index in [-0.39, 0.29) is 33.2 Å². The molecule has 0 saturated carbocycles. The number of fused-ring (bicyclic) bond motifs is 3. The molecule has 0 amide bonds. The summed E-state index contributed by atoms with van der Waals surface area (Å²) in [7, 11) is 0. The van der Waals surface area contributed by atoms with Gasteiger partial charge in [0, 0.05) is 5.69 Å². The molecule has 0 aliphatic rings. The van der Waals surface area contributed by atoms with Gasteiger partial charge in [0.15, 0.2) is 0 Å². The van der Waals surface area contributed by atoms with Crippen LogP contribution in [-0.2, 0) is 33.2 Å². The molecular formula is C45H41AuN2. The van der Waals surface area contributed by atoms with E-state index < -0.39 is 0 Å². The van der Waals surface area contributed by atoms with Gasteiger partial charge in [0.25, 0.3) is 0 Å². The van der Waals surface area contributed by atoms with Gasteiger partial charge in [0.1, 0.15) is 0 Å². The van der Waals surface area contributed by atoms with Gasteiger partial charge in [-0.2, -0.15) is 42.0 Å². The first kappa shape index (κ1) is 33.7. The number of aryl methyl sites for hydroxylation is 2. The van der Waals surface area contributed by atoms with Crippen molar-refractivity contribution in [3.8, 4) is 44.8 Å². The van der Waals surface area contributed by atoms with Crippen LogP contribution in [0.5, 0.6) is 0 Å². The summed E-state index contributed by atoms with van der Waals surface area (Å²) in [5, 5.41) is 2.40. The molecule has 0 bridgehead atoms. The second kappa shape index (κ2) is 12.7. The molecule has 0 aliphatic carbocycles. The quantitative estimate of drug-likeness (QED) is 0.131. The Labute approximate surface area is 301 Å². The third-order valence-corrected chi connectivity index (χ3v) is 9.25. The molecule has 0 atom stereocenters. The Morgan fingerprint density at radius 1 is 0.583 bits per heavy atom. The molecule has 2 aromatic heterocycles. The van der Waals surface area contributed by atoms with Crippen molar-refractivity contribution in [3.05, 3.63) is 138 Å². The minimum Gasteiger partial charge on any atom is -0.656 e. The third-order valence-electron chi connectivity index (χ3n) is 9.25. The molecule has 3 heteroatoms. The van der Waals surface area contributed by atoms with Crippen LogP contribution in [0.1, 0.15) is 63.8 Å². The van der Waals surface area contributed by atoms with Gasteiger partial charge in [-0.25, -0.2) is 5.56 Å². The number of aromatic nitrogens is 2. The second-order valence-corrected chi connectivity index (χ2v) is 14.9. The van der Waals surface area contributed by atoms with Crippen LogP contribution in [0, 0.1) is 26.0 Å². The Balaban J connectivity index is 0.00000401. The summed E-state index contributed by atoms with van der Waals surface area (Å²) in [6.07, 6.45) is 0. The molecule has 0 saturated heterocycles. The van der Waals surface area contributed by atoms with Crippen LogP contribution in [-0.4, -0.2) is 4.98 Å². The van der Waals surface area contributed by atoms with Crippen LogP contribution >= 0.6 is 0 Å². The summed E-state index contributed by atoms with van der Waals surface area (Å²) < 4.78 is 0. The molecule has 0 fully saturated rings. The molecule has 7 rings (SSSR count). The molecular weight excluding hydrogens is 765 g/mol. The fraction of sp³-hybridized carbons (Fsp3) is 0.222. The van der Waals surface area contributed by atoms with Gasteiger partial charge in [0.05, 0.1) is 5.69 Å². The summed E-state index contributed by atoms with van der Waals surface area (Å²) in [5.41, 5.74) is 15.1. The zero-order valence-corrected chi connectivity index (χ0v) is 31.2. The number of nitrogens with zero attached hydrogens (tertiary/aromatic N) is 2. The Morgan fingerprint density at radius 2 is 1.25 bits per heavy atom. The Kier molecular flexibility index (Phi) is 8.89. The molecule has 2 nitrogen and oxygen atoms in total. The molecule has 0 radical (unpaired) electrons. The molecule has 0 N–H and O–H groups in total. The number of hydrogen-bond acceptors (Lipinski definition) is 1. The van der Waals surface area contributed by atoms with Crippen LogP contribution in [0.2, 0.25) is 0 Å². The number of pyridine rings is 1. The van der Waals surface area contributed by atoms with Crippen molar-refractivity contribution in [2.24, 2.45) is 0 Å². The van der Waals surface area contributed by atoms with Crippen LogP contribution < -0.4 is 4.98 Å². The Hall–Kier alpha value is -4.21. The van der Waals surface area contributed by atoms with E-state index in [4.69, 9.17) is 9.97 Å². The fourth-order valence-electron chi connectivity index (χ4n) is 6.51. The van der Waals surface area contributed by atoms with Crippen LogP contribution in [0.25, 0.3) is 66.6 Å². The standard InChI is InChI=1S/C45H41N2.Au/c1-28-21-29(2)42(39-27-36(45(6,7)8)26-38-37-25-35(44(3,4)5)19-20-40(37)46-43(38)39)47-41(28)34-23-32(30-15-11-9-12-16-30)22-33(24-34)31-17-13-10-14-18-31;/h9-17,19-23,25-27H,1-8H3;/q-3;+3. The van der Waals surface area contributed by atoms with E-state index in [0.29, 0.717) is 0 Å². The van der Waals surface area contributed by atoms with E-state index in [0.717, 1.165) is 66.9 Å². The molecule has 0 spiro atoms. The van der Waals surface area contributed by atoms with E-state index >= 15 is 0 Å². The van der Waals surface area contributed by atoms with Crippen molar-refractivity contribution < 1.29 is 22.4 Å². The summed E-state index contributed by atoms with van der Waals surface area (Å²) >= 11 is 0. The van der Waals surface area contributed by atoms with Crippen molar-refractivity contribution >= 4 is 21.8 Å². The third kappa shape index (κ3) is 6.33. The predicted octanol–water partition coefficient (Wildman–Crippen LogP) is 11.8. The van der Waals surface area contributed by atoms with E-state index in [9.17, 15) is 0 Å². The van der Waals surface area contributed by atoms with E-state index in [1.54, 1.807) is 0 Å². The van der Waals surface area contributed by atoms with Crippen molar-refractivity contribution in [1.82, 2.24) is 9.97 Å². The Bertz CT molecular complexity index is 2210. The average Bonchev–Trinajstić information content (AvgIpc) is 3.42. The first-order chi connectivity index (χ1) is 22.4. The number of rotatable bonds is 4. The maximum atomic E-state index is 5.50. The van der Waals surface area contributed by atoms with Crippen LogP contribution in [0.4, 0.5) is 0 Å².